The van der Waals surface area contributed by atoms with E-state index in [2.05, 4.69) is 5.32 Å². The second-order valence-corrected chi connectivity index (χ2v) is 4.75. The molecule has 4 nitrogen and oxygen atoms in total. The average Bonchev–Trinajstić information content (AvgIpc) is 2.37. The number of fused-ring (bicyclic) bond motifs is 1. The van der Waals surface area contributed by atoms with Crippen molar-refractivity contribution in [1.82, 2.24) is 5.32 Å². The number of hydrogen-bond acceptors (Lipinski definition) is 3. The Labute approximate surface area is 107 Å². The monoisotopic (exact) mass is 249 g/mol. The molecule has 4 heteroatoms. The third-order valence-electron chi connectivity index (χ3n) is 3.53. The number of benzene rings is 1. The fourth-order valence-corrected chi connectivity index (χ4v) is 2.52. The Morgan fingerprint density at radius 1 is 1.56 bits per heavy atom. The van der Waals surface area contributed by atoms with Gasteiger partial charge in [0.1, 0.15) is 5.75 Å². The number of para-hydroxylation sites is 1. The number of carboxylic acid groups (broad SMARTS) is 1. The molecule has 0 amide bonds. The zero-order valence-electron chi connectivity index (χ0n) is 10.8. The van der Waals surface area contributed by atoms with Gasteiger partial charge in [-0.3, -0.25) is 5.32 Å². The Bertz CT molecular complexity index is 446. The smallest absolute Gasteiger partial charge is 0.329 e. The van der Waals surface area contributed by atoms with Crippen molar-refractivity contribution in [3.63, 3.8) is 0 Å². The first-order chi connectivity index (χ1) is 8.63. The zero-order valence-corrected chi connectivity index (χ0v) is 10.8. The van der Waals surface area contributed by atoms with Crippen molar-refractivity contribution in [3.05, 3.63) is 29.8 Å². The van der Waals surface area contributed by atoms with E-state index in [1.165, 1.54) is 0 Å². The van der Waals surface area contributed by atoms with Gasteiger partial charge in [-0.25, -0.2) is 4.79 Å². The van der Waals surface area contributed by atoms with Crippen LogP contribution in [-0.2, 0) is 10.3 Å². The van der Waals surface area contributed by atoms with Crippen molar-refractivity contribution in [2.45, 2.75) is 25.8 Å². The summed E-state index contributed by atoms with van der Waals surface area (Å²) in [7, 11) is 0. The van der Waals surface area contributed by atoms with Gasteiger partial charge < -0.3 is 9.84 Å². The van der Waals surface area contributed by atoms with Gasteiger partial charge in [0.15, 0.2) is 5.54 Å². The predicted octanol–water partition coefficient (Wildman–Crippen LogP) is 1.99. The van der Waals surface area contributed by atoms with E-state index in [1.807, 2.05) is 38.1 Å². The summed E-state index contributed by atoms with van der Waals surface area (Å²) in [5.74, 6) is -0.280. The minimum atomic E-state index is -1.04. The highest BCUT2D eigenvalue weighted by Crippen LogP contribution is 2.40. The molecule has 0 bridgehead atoms. The molecule has 0 saturated carbocycles. The molecule has 1 heterocycles. The van der Waals surface area contributed by atoms with Gasteiger partial charge in [-0.1, -0.05) is 32.0 Å². The summed E-state index contributed by atoms with van der Waals surface area (Å²) in [4.78, 5) is 11.8. The summed E-state index contributed by atoms with van der Waals surface area (Å²) in [6.45, 7) is 5.02. The van der Waals surface area contributed by atoms with E-state index < -0.39 is 11.5 Å². The quantitative estimate of drug-likeness (QED) is 0.856. The maximum absolute atomic E-state index is 11.8. The number of rotatable bonds is 4. The molecule has 0 aliphatic carbocycles. The fourth-order valence-electron chi connectivity index (χ4n) is 2.52. The molecule has 2 N–H and O–H groups in total. The van der Waals surface area contributed by atoms with E-state index >= 15 is 0 Å². The normalized spacial score (nSPS) is 26.2. The van der Waals surface area contributed by atoms with Gasteiger partial charge in [0.25, 0.3) is 0 Å². The fraction of sp³-hybridized carbons (Fsp3) is 0.500. The summed E-state index contributed by atoms with van der Waals surface area (Å²) >= 11 is 0. The van der Waals surface area contributed by atoms with Gasteiger partial charge in [-0.15, -0.1) is 0 Å². The molecule has 0 fully saturated rings. The average molecular weight is 249 g/mol. The van der Waals surface area contributed by atoms with Crippen molar-refractivity contribution < 1.29 is 14.6 Å². The van der Waals surface area contributed by atoms with Crippen LogP contribution in [0.3, 0.4) is 0 Å². The standard InChI is InChI=1S/C14H19NO3/c1-3-8-15-14(13(16)17)10(2)9-18-12-7-5-4-6-11(12)14/h4-7,10,15H,3,8-9H2,1-2H3,(H,16,17). The van der Waals surface area contributed by atoms with Gasteiger partial charge in [-0.05, 0) is 19.0 Å². The van der Waals surface area contributed by atoms with Crippen molar-refractivity contribution in [3.8, 4) is 5.75 Å². The van der Waals surface area contributed by atoms with Crippen molar-refractivity contribution in [2.24, 2.45) is 5.92 Å². The van der Waals surface area contributed by atoms with Gasteiger partial charge in [0.05, 0.1) is 6.61 Å². The molecule has 98 valence electrons. The lowest BCUT2D eigenvalue weighted by Crippen LogP contribution is -2.57. The van der Waals surface area contributed by atoms with E-state index in [1.54, 1.807) is 0 Å². The second-order valence-electron chi connectivity index (χ2n) is 4.75. The second kappa shape index (κ2) is 4.98. The molecule has 0 saturated heterocycles. The Kier molecular flexibility index (Phi) is 3.57. The van der Waals surface area contributed by atoms with E-state index in [0.29, 0.717) is 18.9 Å². The summed E-state index contributed by atoms with van der Waals surface area (Å²) in [5, 5.41) is 12.9. The topological polar surface area (TPSA) is 58.6 Å². The van der Waals surface area contributed by atoms with Crippen LogP contribution in [-0.4, -0.2) is 24.2 Å². The minimum Gasteiger partial charge on any atom is -0.493 e. The highest BCUT2D eigenvalue weighted by molar-refractivity contribution is 5.83. The minimum absolute atomic E-state index is 0.114. The molecule has 1 aliphatic heterocycles. The SMILES string of the molecule is CCCNC1(C(=O)O)c2ccccc2OCC1C. The van der Waals surface area contributed by atoms with Crippen LogP contribution in [0.25, 0.3) is 0 Å². The van der Waals surface area contributed by atoms with Crippen LogP contribution in [0.5, 0.6) is 5.75 Å². The Morgan fingerprint density at radius 3 is 2.94 bits per heavy atom. The lowest BCUT2D eigenvalue weighted by atomic mass is 9.77. The molecular formula is C14H19NO3. The van der Waals surface area contributed by atoms with E-state index in [9.17, 15) is 9.90 Å². The van der Waals surface area contributed by atoms with Gasteiger partial charge >= 0.3 is 5.97 Å². The van der Waals surface area contributed by atoms with Gasteiger partial charge in [0, 0.05) is 11.5 Å². The molecule has 1 aromatic rings. The first-order valence-electron chi connectivity index (χ1n) is 6.33. The molecule has 1 aromatic carbocycles. The molecular weight excluding hydrogens is 230 g/mol. The summed E-state index contributed by atoms with van der Waals surface area (Å²) in [6, 6.07) is 7.38. The Hall–Kier alpha value is -1.55. The van der Waals surface area contributed by atoms with E-state index in [-0.39, 0.29) is 5.92 Å². The number of aliphatic carboxylic acids is 1. The first kappa shape index (κ1) is 12.9. The highest BCUT2D eigenvalue weighted by atomic mass is 16.5. The number of carbonyl (C=O) groups is 1. The van der Waals surface area contributed by atoms with E-state index in [4.69, 9.17) is 4.74 Å². The third kappa shape index (κ3) is 1.86. The number of ether oxygens (including phenoxy) is 1. The van der Waals surface area contributed by atoms with Crippen LogP contribution in [0.15, 0.2) is 24.3 Å². The maximum Gasteiger partial charge on any atom is 0.329 e. The summed E-state index contributed by atoms with van der Waals surface area (Å²) in [5.41, 5.74) is -0.310. The molecule has 1 aliphatic rings. The lowest BCUT2D eigenvalue weighted by molar-refractivity contribution is -0.149. The summed E-state index contributed by atoms with van der Waals surface area (Å²) < 4.78 is 5.62. The Morgan fingerprint density at radius 2 is 2.28 bits per heavy atom. The van der Waals surface area contributed by atoms with Gasteiger partial charge in [0.2, 0.25) is 0 Å². The molecule has 0 radical (unpaired) electrons. The Balaban J connectivity index is 2.52. The zero-order chi connectivity index (χ0) is 13.2. The maximum atomic E-state index is 11.8. The molecule has 0 aromatic heterocycles. The number of carboxylic acids is 1. The lowest BCUT2D eigenvalue weighted by Gasteiger charge is -2.41. The van der Waals surface area contributed by atoms with Crippen molar-refractivity contribution in [1.29, 1.82) is 0 Å². The largest absolute Gasteiger partial charge is 0.493 e. The molecule has 0 spiro atoms. The summed E-state index contributed by atoms with van der Waals surface area (Å²) in [6.07, 6.45) is 0.894. The van der Waals surface area contributed by atoms with Crippen LogP contribution in [0.4, 0.5) is 0 Å². The van der Waals surface area contributed by atoms with Crippen LogP contribution in [0, 0.1) is 5.92 Å². The van der Waals surface area contributed by atoms with Crippen molar-refractivity contribution in [2.75, 3.05) is 13.2 Å². The highest BCUT2D eigenvalue weighted by Gasteiger charge is 2.49. The number of nitrogens with one attached hydrogen (secondary N) is 1. The first-order valence-corrected chi connectivity index (χ1v) is 6.33. The third-order valence-corrected chi connectivity index (χ3v) is 3.53. The molecule has 18 heavy (non-hydrogen) atoms. The van der Waals surface area contributed by atoms with Crippen molar-refractivity contribution >= 4 is 5.97 Å². The predicted molar refractivity (Wildman–Crippen MR) is 68.7 cm³/mol. The van der Waals surface area contributed by atoms with Crippen LogP contribution in [0.2, 0.25) is 0 Å². The van der Waals surface area contributed by atoms with E-state index in [0.717, 1.165) is 12.0 Å². The van der Waals surface area contributed by atoms with Crippen LogP contribution >= 0.6 is 0 Å². The van der Waals surface area contributed by atoms with Gasteiger partial charge in [-0.2, -0.15) is 0 Å². The van der Waals surface area contributed by atoms with Crippen LogP contribution < -0.4 is 10.1 Å². The molecule has 2 atom stereocenters. The molecule has 2 unspecified atom stereocenters. The van der Waals surface area contributed by atoms with Crippen LogP contribution in [0.1, 0.15) is 25.8 Å². The molecule has 2 rings (SSSR count). The number of hydrogen-bond donors (Lipinski definition) is 2.